The smallest absolute Gasteiger partial charge is 0.306 e. The molecule has 2 bridgehead atoms. The number of esters is 1. The molecule has 2 saturated carbocycles. The molecule has 2 aromatic carbocycles. The monoisotopic (exact) mass is 348 g/mol. The number of Topliss-reactive ketones (excluding diaryl/α,β-unsaturated/α-hetero) is 1. The summed E-state index contributed by atoms with van der Waals surface area (Å²) >= 11 is 0. The van der Waals surface area contributed by atoms with Gasteiger partial charge >= 0.3 is 5.97 Å². The van der Waals surface area contributed by atoms with Crippen LogP contribution in [0.3, 0.4) is 0 Å². The predicted octanol–water partition coefficient (Wildman–Crippen LogP) is 4.91. The molecule has 2 aromatic rings. The van der Waals surface area contributed by atoms with Crippen molar-refractivity contribution in [3.8, 4) is 11.1 Å². The highest BCUT2D eigenvalue weighted by atomic mass is 16.5. The highest BCUT2D eigenvalue weighted by molar-refractivity contribution is 5.98. The van der Waals surface area contributed by atoms with Gasteiger partial charge in [0.25, 0.3) is 0 Å². The number of fused-ring (bicyclic) bond motifs is 2. The second-order valence-corrected chi connectivity index (χ2v) is 7.67. The van der Waals surface area contributed by atoms with Crippen molar-refractivity contribution in [2.75, 3.05) is 6.61 Å². The lowest BCUT2D eigenvalue weighted by Crippen LogP contribution is -2.19. The number of carbonyl (C=O) groups is 2. The maximum absolute atomic E-state index is 12.3. The first-order chi connectivity index (χ1) is 12.7. The van der Waals surface area contributed by atoms with Crippen molar-refractivity contribution in [1.29, 1.82) is 0 Å². The molecule has 3 atom stereocenters. The van der Waals surface area contributed by atoms with E-state index in [-0.39, 0.29) is 18.4 Å². The van der Waals surface area contributed by atoms with Crippen LogP contribution in [0.4, 0.5) is 0 Å². The molecular formula is C23H24O3. The Morgan fingerprint density at radius 3 is 2.27 bits per heavy atom. The molecule has 2 aliphatic carbocycles. The second kappa shape index (κ2) is 7.45. The summed E-state index contributed by atoms with van der Waals surface area (Å²) in [6.45, 7) is -0.162. The molecule has 0 aliphatic heterocycles. The highest BCUT2D eigenvalue weighted by Gasteiger charge is 2.40. The van der Waals surface area contributed by atoms with Crippen LogP contribution in [-0.4, -0.2) is 18.4 Å². The van der Waals surface area contributed by atoms with Crippen LogP contribution in [0.25, 0.3) is 11.1 Å². The van der Waals surface area contributed by atoms with Crippen molar-refractivity contribution in [2.24, 2.45) is 17.8 Å². The molecule has 0 saturated heterocycles. The zero-order valence-electron chi connectivity index (χ0n) is 14.9. The van der Waals surface area contributed by atoms with E-state index in [0.29, 0.717) is 23.8 Å². The van der Waals surface area contributed by atoms with Gasteiger partial charge in [-0.25, -0.2) is 0 Å². The zero-order chi connectivity index (χ0) is 17.9. The van der Waals surface area contributed by atoms with E-state index in [1.165, 1.54) is 19.3 Å². The third-order valence-corrected chi connectivity index (χ3v) is 5.99. The van der Waals surface area contributed by atoms with E-state index in [4.69, 9.17) is 4.74 Å². The fourth-order valence-corrected chi connectivity index (χ4v) is 4.61. The molecule has 2 aliphatic rings. The maximum Gasteiger partial charge on any atom is 0.306 e. The standard InChI is InChI=1S/C23H24O3/c24-22(15-26-23(25)14-21-13-16-6-7-20(21)12-16)19-10-8-18(9-11-19)17-4-2-1-3-5-17/h1-5,8-11,16,20-21H,6-7,12-15H2/t16-,20+,21+/m0/s1. The number of ether oxygens (including phenoxy) is 1. The summed E-state index contributed by atoms with van der Waals surface area (Å²) in [7, 11) is 0. The molecule has 0 aromatic heterocycles. The second-order valence-electron chi connectivity index (χ2n) is 7.67. The molecule has 0 N–H and O–H groups in total. The largest absolute Gasteiger partial charge is 0.457 e. The summed E-state index contributed by atoms with van der Waals surface area (Å²) in [6, 6.07) is 17.5. The Hall–Kier alpha value is -2.42. The van der Waals surface area contributed by atoms with Crippen molar-refractivity contribution in [2.45, 2.75) is 32.1 Å². The number of rotatable bonds is 6. The van der Waals surface area contributed by atoms with E-state index in [1.54, 1.807) is 12.1 Å². The topological polar surface area (TPSA) is 43.4 Å². The molecule has 3 heteroatoms. The van der Waals surface area contributed by atoms with Crippen molar-refractivity contribution < 1.29 is 14.3 Å². The van der Waals surface area contributed by atoms with Crippen LogP contribution >= 0.6 is 0 Å². The third-order valence-electron chi connectivity index (χ3n) is 5.99. The van der Waals surface area contributed by atoms with E-state index in [1.807, 2.05) is 42.5 Å². The molecule has 0 radical (unpaired) electrons. The van der Waals surface area contributed by atoms with Gasteiger partial charge in [0.05, 0.1) is 0 Å². The lowest BCUT2D eigenvalue weighted by Gasteiger charge is -2.20. The van der Waals surface area contributed by atoms with Gasteiger partial charge in [0, 0.05) is 12.0 Å². The Kier molecular flexibility index (Phi) is 4.87. The van der Waals surface area contributed by atoms with Crippen LogP contribution in [0.5, 0.6) is 0 Å². The normalized spacial score (nSPS) is 23.8. The minimum Gasteiger partial charge on any atom is -0.457 e. The molecule has 4 rings (SSSR count). The van der Waals surface area contributed by atoms with Gasteiger partial charge in [-0.15, -0.1) is 0 Å². The van der Waals surface area contributed by atoms with E-state index >= 15 is 0 Å². The van der Waals surface area contributed by atoms with Crippen molar-refractivity contribution in [1.82, 2.24) is 0 Å². The SMILES string of the molecule is O=C(C[C@H]1C[C@H]2CC[C@@H]1C2)OCC(=O)c1ccc(-c2ccccc2)cc1. The number of hydrogen-bond donors (Lipinski definition) is 0. The maximum atomic E-state index is 12.3. The molecule has 0 heterocycles. The van der Waals surface area contributed by atoms with Crippen LogP contribution in [0.1, 0.15) is 42.5 Å². The number of ketones is 1. The highest BCUT2D eigenvalue weighted by Crippen LogP contribution is 2.49. The minimum atomic E-state index is -0.225. The Balaban J connectivity index is 1.28. The van der Waals surface area contributed by atoms with Crippen LogP contribution < -0.4 is 0 Å². The average Bonchev–Trinajstić information content (AvgIpc) is 3.30. The minimum absolute atomic E-state index is 0.147. The lowest BCUT2D eigenvalue weighted by molar-refractivity contribution is -0.144. The number of hydrogen-bond acceptors (Lipinski definition) is 3. The van der Waals surface area contributed by atoms with Gasteiger partial charge < -0.3 is 4.74 Å². The number of carbonyl (C=O) groups excluding carboxylic acids is 2. The van der Waals surface area contributed by atoms with Gasteiger partial charge in [-0.3, -0.25) is 9.59 Å². The Morgan fingerprint density at radius 1 is 0.885 bits per heavy atom. The Labute approximate surface area is 154 Å². The Morgan fingerprint density at radius 2 is 1.62 bits per heavy atom. The zero-order valence-corrected chi connectivity index (χ0v) is 14.9. The van der Waals surface area contributed by atoms with Gasteiger partial charge in [0.2, 0.25) is 0 Å². The third kappa shape index (κ3) is 3.72. The molecule has 0 unspecified atom stereocenters. The first-order valence-corrected chi connectivity index (χ1v) is 9.53. The summed E-state index contributed by atoms with van der Waals surface area (Å²) in [4.78, 5) is 24.4. The first kappa shape index (κ1) is 17.0. The first-order valence-electron chi connectivity index (χ1n) is 9.53. The average molecular weight is 348 g/mol. The summed E-state index contributed by atoms with van der Waals surface area (Å²) in [5, 5.41) is 0. The summed E-state index contributed by atoms with van der Waals surface area (Å²) in [5.74, 6) is 1.63. The predicted molar refractivity (Wildman–Crippen MR) is 101 cm³/mol. The van der Waals surface area contributed by atoms with E-state index in [9.17, 15) is 9.59 Å². The van der Waals surface area contributed by atoms with Crippen molar-refractivity contribution in [3.63, 3.8) is 0 Å². The van der Waals surface area contributed by atoms with Gasteiger partial charge in [0.15, 0.2) is 12.4 Å². The van der Waals surface area contributed by atoms with Gasteiger partial charge in [-0.2, -0.15) is 0 Å². The molecule has 0 amide bonds. The van der Waals surface area contributed by atoms with E-state index in [0.717, 1.165) is 23.5 Å². The molecule has 3 nitrogen and oxygen atoms in total. The fourth-order valence-electron chi connectivity index (χ4n) is 4.61. The number of benzene rings is 2. The van der Waals surface area contributed by atoms with Gasteiger partial charge in [0.1, 0.15) is 0 Å². The van der Waals surface area contributed by atoms with Crippen LogP contribution in [-0.2, 0) is 9.53 Å². The molecule has 26 heavy (non-hydrogen) atoms. The lowest BCUT2D eigenvalue weighted by atomic mass is 9.86. The fraction of sp³-hybridized carbons (Fsp3) is 0.391. The van der Waals surface area contributed by atoms with Gasteiger partial charge in [-0.1, -0.05) is 61.0 Å². The molecule has 0 spiro atoms. The summed E-state index contributed by atoms with van der Waals surface area (Å²) < 4.78 is 5.25. The van der Waals surface area contributed by atoms with E-state index < -0.39 is 0 Å². The van der Waals surface area contributed by atoms with Crippen LogP contribution in [0.15, 0.2) is 54.6 Å². The summed E-state index contributed by atoms with van der Waals surface area (Å²) in [5.41, 5.74) is 2.76. The van der Waals surface area contributed by atoms with Crippen molar-refractivity contribution in [3.05, 3.63) is 60.2 Å². The summed E-state index contributed by atoms with van der Waals surface area (Å²) in [6.07, 6.45) is 5.50. The Bertz CT molecular complexity index is 779. The van der Waals surface area contributed by atoms with Crippen LogP contribution in [0.2, 0.25) is 0 Å². The molecular weight excluding hydrogens is 324 g/mol. The molecule has 134 valence electrons. The van der Waals surface area contributed by atoms with Crippen molar-refractivity contribution >= 4 is 11.8 Å². The molecule has 2 fully saturated rings. The quantitative estimate of drug-likeness (QED) is 0.550. The van der Waals surface area contributed by atoms with Crippen LogP contribution in [0, 0.1) is 17.8 Å². The van der Waals surface area contributed by atoms with E-state index in [2.05, 4.69) is 0 Å². The van der Waals surface area contributed by atoms with Gasteiger partial charge in [-0.05, 0) is 48.1 Å².